The van der Waals surface area contributed by atoms with Gasteiger partial charge in [0.15, 0.2) is 16.4 Å². The van der Waals surface area contributed by atoms with Crippen LogP contribution in [-0.2, 0) is 24.2 Å². The van der Waals surface area contributed by atoms with Crippen LogP contribution in [0, 0.1) is 0 Å². The Bertz CT molecular complexity index is 776. The summed E-state index contributed by atoms with van der Waals surface area (Å²) in [5, 5.41) is 4.40. The van der Waals surface area contributed by atoms with Crippen LogP contribution in [0.1, 0.15) is 42.3 Å². The first-order valence-electron chi connectivity index (χ1n) is 9.29. The van der Waals surface area contributed by atoms with E-state index in [4.69, 9.17) is 4.74 Å². The Kier molecular flexibility index (Phi) is 8.43. The van der Waals surface area contributed by atoms with E-state index in [1.807, 2.05) is 6.92 Å². The molecule has 28 heavy (non-hydrogen) atoms. The van der Waals surface area contributed by atoms with Gasteiger partial charge in [0.05, 0.1) is 22.8 Å². The lowest BCUT2D eigenvalue weighted by Gasteiger charge is -2.28. The molecule has 1 saturated heterocycles. The van der Waals surface area contributed by atoms with Gasteiger partial charge in [0, 0.05) is 19.1 Å². The Balaban J connectivity index is 1.76. The van der Waals surface area contributed by atoms with E-state index < -0.39 is 22.4 Å². The number of hydrogen-bond acceptors (Lipinski definition) is 7. The van der Waals surface area contributed by atoms with Gasteiger partial charge in [-0.15, -0.1) is 11.3 Å². The average Bonchev–Trinajstić information content (AvgIpc) is 3.30. The first kappa shape index (κ1) is 22.4. The van der Waals surface area contributed by atoms with Gasteiger partial charge in [-0.1, -0.05) is 19.4 Å². The molecular formula is C18H26N2O6S2. The normalized spacial score (nSPS) is 17.8. The molecular weight excluding hydrogens is 404 g/mol. The number of carbonyl (C=O) groups excluding carboxylic acids is 3. The summed E-state index contributed by atoms with van der Waals surface area (Å²) in [6.07, 6.45) is 2.00. The molecule has 10 heteroatoms. The lowest BCUT2D eigenvalue weighted by Crippen LogP contribution is -2.44. The third-order valence-electron chi connectivity index (χ3n) is 4.44. The van der Waals surface area contributed by atoms with Crippen LogP contribution in [0.25, 0.3) is 0 Å². The summed E-state index contributed by atoms with van der Waals surface area (Å²) in [4.78, 5) is 38.2. The third-order valence-corrected chi connectivity index (χ3v) is 7.06. The highest BCUT2D eigenvalue weighted by Crippen LogP contribution is 2.18. The molecule has 0 spiro atoms. The fourth-order valence-corrected chi connectivity index (χ4v) is 5.30. The van der Waals surface area contributed by atoms with Crippen LogP contribution < -0.4 is 5.32 Å². The molecule has 156 valence electrons. The number of hydrogen-bond donors (Lipinski definition) is 1. The molecule has 8 nitrogen and oxygen atoms in total. The van der Waals surface area contributed by atoms with E-state index in [2.05, 4.69) is 5.32 Å². The maximum absolute atomic E-state index is 12.5. The first-order chi connectivity index (χ1) is 13.3. The first-order valence-corrected chi connectivity index (χ1v) is 12.0. The largest absolute Gasteiger partial charge is 0.456 e. The Morgan fingerprint density at radius 1 is 1.36 bits per heavy atom. The maximum atomic E-state index is 12.5. The zero-order chi connectivity index (χ0) is 20.6. The molecule has 1 unspecified atom stereocenters. The van der Waals surface area contributed by atoms with Gasteiger partial charge in [0.1, 0.15) is 0 Å². The summed E-state index contributed by atoms with van der Waals surface area (Å²) in [6, 6.07) is 3.09. The number of nitrogens with one attached hydrogen (secondary N) is 1. The minimum Gasteiger partial charge on any atom is -0.456 e. The third kappa shape index (κ3) is 6.90. The van der Waals surface area contributed by atoms with Crippen molar-refractivity contribution in [2.75, 3.05) is 31.2 Å². The smallest absolute Gasteiger partial charge is 0.308 e. The number of sulfone groups is 1. The van der Waals surface area contributed by atoms with Crippen molar-refractivity contribution in [1.29, 1.82) is 0 Å². The number of nitrogens with zero attached hydrogens (tertiary/aromatic N) is 1. The van der Waals surface area contributed by atoms with Gasteiger partial charge in [-0.3, -0.25) is 14.4 Å². The van der Waals surface area contributed by atoms with Gasteiger partial charge in [0.25, 0.3) is 11.8 Å². The molecule has 0 aliphatic carbocycles. The van der Waals surface area contributed by atoms with Gasteiger partial charge in [-0.25, -0.2) is 8.42 Å². The second-order valence-electron chi connectivity index (χ2n) is 6.64. The number of carbonyl (C=O) groups is 3. The lowest BCUT2D eigenvalue weighted by molar-refractivity contribution is -0.152. The molecule has 0 bridgehead atoms. The summed E-state index contributed by atoms with van der Waals surface area (Å²) in [7, 11) is -3.11. The Morgan fingerprint density at radius 3 is 2.75 bits per heavy atom. The van der Waals surface area contributed by atoms with Gasteiger partial charge >= 0.3 is 5.97 Å². The highest BCUT2D eigenvalue weighted by atomic mass is 32.2. The van der Waals surface area contributed by atoms with Crippen LogP contribution in [0.15, 0.2) is 17.5 Å². The molecule has 1 aliphatic rings. The quantitative estimate of drug-likeness (QED) is 0.559. The molecule has 1 N–H and O–H groups in total. The summed E-state index contributed by atoms with van der Waals surface area (Å²) >= 11 is 1.30. The topological polar surface area (TPSA) is 110 Å². The van der Waals surface area contributed by atoms with Gasteiger partial charge in [-0.05, 0) is 24.3 Å². The number of ether oxygens (including phenoxy) is 1. The van der Waals surface area contributed by atoms with Crippen molar-refractivity contribution in [2.24, 2.45) is 0 Å². The fraction of sp³-hybridized carbons (Fsp3) is 0.611. The van der Waals surface area contributed by atoms with Crippen molar-refractivity contribution < 1.29 is 27.5 Å². The standard InChI is InChI=1S/C18H26N2O6S2/c1-2-3-9-20(14-7-11-28(24,25)13-14)16(21)12-26-17(22)6-8-19-18(23)15-5-4-10-27-15/h4-5,10,14H,2-3,6-9,11-13H2,1H3,(H,19,23). The van der Waals surface area contributed by atoms with Crippen LogP contribution in [0.5, 0.6) is 0 Å². The highest BCUT2D eigenvalue weighted by Gasteiger charge is 2.34. The van der Waals surface area contributed by atoms with Gasteiger partial charge in [0.2, 0.25) is 0 Å². The molecule has 1 aromatic rings. The monoisotopic (exact) mass is 430 g/mol. The zero-order valence-electron chi connectivity index (χ0n) is 15.9. The second-order valence-corrected chi connectivity index (χ2v) is 9.82. The van der Waals surface area contributed by atoms with Crippen LogP contribution in [0.2, 0.25) is 0 Å². The summed E-state index contributed by atoms with van der Waals surface area (Å²) < 4.78 is 28.4. The van der Waals surface area contributed by atoms with E-state index in [-0.39, 0.29) is 42.3 Å². The van der Waals surface area contributed by atoms with Crippen molar-refractivity contribution in [3.05, 3.63) is 22.4 Å². The fourth-order valence-electron chi connectivity index (χ4n) is 2.93. The van der Waals surface area contributed by atoms with Gasteiger partial charge in [-0.2, -0.15) is 0 Å². The highest BCUT2D eigenvalue weighted by molar-refractivity contribution is 7.91. The molecule has 2 amide bonds. The van der Waals surface area contributed by atoms with E-state index in [0.717, 1.165) is 12.8 Å². The number of unbranched alkanes of at least 4 members (excludes halogenated alkanes) is 1. The molecule has 1 fully saturated rings. The molecule has 0 saturated carbocycles. The molecule has 2 heterocycles. The molecule has 2 rings (SSSR count). The summed E-state index contributed by atoms with van der Waals surface area (Å²) in [5.74, 6) is -1.18. The van der Waals surface area contributed by atoms with Crippen molar-refractivity contribution in [2.45, 2.75) is 38.6 Å². The van der Waals surface area contributed by atoms with Crippen molar-refractivity contribution in [1.82, 2.24) is 10.2 Å². The van der Waals surface area contributed by atoms with Crippen molar-refractivity contribution in [3.8, 4) is 0 Å². The van der Waals surface area contributed by atoms with E-state index in [1.165, 1.54) is 16.2 Å². The lowest BCUT2D eigenvalue weighted by atomic mass is 10.2. The number of rotatable bonds is 10. The minimum atomic E-state index is -3.11. The Morgan fingerprint density at radius 2 is 2.14 bits per heavy atom. The molecule has 1 aliphatic heterocycles. The summed E-state index contributed by atoms with van der Waals surface area (Å²) in [5.41, 5.74) is 0. The van der Waals surface area contributed by atoms with Crippen molar-refractivity contribution >= 4 is 39.0 Å². The van der Waals surface area contributed by atoms with Crippen LogP contribution >= 0.6 is 11.3 Å². The van der Waals surface area contributed by atoms with E-state index in [0.29, 0.717) is 17.8 Å². The predicted molar refractivity (Wildman–Crippen MR) is 106 cm³/mol. The van der Waals surface area contributed by atoms with Gasteiger partial charge < -0.3 is 15.0 Å². The van der Waals surface area contributed by atoms with Crippen LogP contribution in [-0.4, -0.2) is 68.3 Å². The molecule has 1 atom stereocenters. The van der Waals surface area contributed by atoms with E-state index >= 15 is 0 Å². The van der Waals surface area contributed by atoms with Crippen molar-refractivity contribution in [3.63, 3.8) is 0 Å². The summed E-state index contributed by atoms with van der Waals surface area (Å²) in [6.45, 7) is 2.13. The molecule has 0 radical (unpaired) electrons. The van der Waals surface area contributed by atoms with Crippen LogP contribution in [0.4, 0.5) is 0 Å². The van der Waals surface area contributed by atoms with E-state index in [1.54, 1.807) is 17.5 Å². The van der Waals surface area contributed by atoms with E-state index in [9.17, 15) is 22.8 Å². The zero-order valence-corrected chi connectivity index (χ0v) is 17.5. The predicted octanol–water partition coefficient (Wildman–Crippen LogP) is 1.23. The number of thiophene rings is 1. The maximum Gasteiger partial charge on any atom is 0.308 e. The van der Waals surface area contributed by atoms with Crippen LogP contribution in [0.3, 0.4) is 0 Å². The minimum absolute atomic E-state index is 0.0366. The number of amides is 2. The average molecular weight is 431 g/mol. The second kappa shape index (κ2) is 10.6. The molecule has 1 aromatic heterocycles. The Labute approximate surface area is 169 Å². The number of esters is 1. The molecule has 0 aromatic carbocycles. The Hall–Kier alpha value is -1.94. The SMILES string of the molecule is CCCCN(C(=O)COC(=O)CCNC(=O)c1cccs1)C1CCS(=O)(=O)C1.